The monoisotopic (exact) mass is 553 g/mol. The van der Waals surface area contributed by atoms with Gasteiger partial charge in [0, 0.05) is 26.2 Å². The van der Waals surface area contributed by atoms with Crippen LogP contribution in [0.4, 0.5) is 0 Å². The Kier molecular flexibility index (Phi) is 10.4. The van der Waals surface area contributed by atoms with Gasteiger partial charge in [0.15, 0.2) is 5.96 Å². The Balaban J connectivity index is 0.00000320. The summed E-state index contributed by atoms with van der Waals surface area (Å²) < 4.78 is 30.6. The van der Waals surface area contributed by atoms with Crippen molar-refractivity contribution in [2.24, 2.45) is 10.9 Å². The van der Waals surface area contributed by atoms with E-state index in [1.165, 1.54) is 19.1 Å². The van der Waals surface area contributed by atoms with Gasteiger partial charge in [-0.05, 0) is 63.7 Å². The zero-order chi connectivity index (χ0) is 20.7. The lowest BCUT2D eigenvalue weighted by Gasteiger charge is -2.30. The van der Waals surface area contributed by atoms with Gasteiger partial charge in [0.05, 0.1) is 25.1 Å². The zero-order valence-electron chi connectivity index (χ0n) is 18.0. The van der Waals surface area contributed by atoms with Crippen LogP contribution in [0.3, 0.4) is 0 Å². The molecule has 10 heteroatoms. The number of piperidine rings is 1. The molecule has 2 aliphatic heterocycles. The summed E-state index contributed by atoms with van der Waals surface area (Å²) in [4.78, 5) is 7.29. The van der Waals surface area contributed by atoms with Crippen LogP contribution in [0.25, 0.3) is 0 Å². The van der Waals surface area contributed by atoms with Crippen LogP contribution < -0.4 is 10.6 Å². The van der Waals surface area contributed by atoms with Crippen molar-refractivity contribution in [3.05, 3.63) is 24.2 Å². The average molecular weight is 554 g/mol. The van der Waals surface area contributed by atoms with Gasteiger partial charge in [-0.3, -0.25) is 9.89 Å². The topological polar surface area (TPSA) is 90.2 Å². The van der Waals surface area contributed by atoms with E-state index < -0.39 is 10.0 Å². The molecule has 3 rings (SSSR count). The fraction of sp³-hybridized carbons (Fsp3) is 0.750. The normalized spacial score (nSPS) is 20.7. The Morgan fingerprint density at radius 1 is 1.23 bits per heavy atom. The van der Waals surface area contributed by atoms with Gasteiger partial charge in [-0.25, -0.2) is 12.7 Å². The quantitative estimate of drug-likeness (QED) is 0.292. The van der Waals surface area contributed by atoms with Crippen LogP contribution in [0.2, 0.25) is 0 Å². The Morgan fingerprint density at radius 3 is 2.50 bits per heavy atom. The number of hydrogen-bond donors (Lipinski definition) is 2. The second-order valence-corrected chi connectivity index (χ2v) is 9.96. The third-order valence-electron chi connectivity index (χ3n) is 5.82. The number of aliphatic imine (C=N–C) groups is 1. The van der Waals surface area contributed by atoms with E-state index in [0.717, 1.165) is 50.7 Å². The highest BCUT2D eigenvalue weighted by Gasteiger charge is 2.26. The van der Waals surface area contributed by atoms with Crippen molar-refractivity contribution in [2.45, 2.75) is 38.6 Å². The van der Waals surface area contributed by atoms with Crippen molar-refractivity contribution < 1.29 is 12.8 Å². The largest absolute Gasteiger partial charge is 0.468 e. The first-order chi connectivity index (χ1) is 14.0. The van der Waals surface area contributed by atoms with Crippen molar-refractivity contribution in [1.82, 2.24) is 19.8 Å². The maximum absolute atomic E-state index is 11.7. The lowest BCUT2D eigenvalue weighted by molar-refractivity contribution is 0.221. The minimum absolute atomic E-state index is 0. The molecule has 0 bridgehead atoms. The molecule has 2 N–H and O–H groups in total. The van der Waals surface area contributed by atoms with Gasteiger partial charge < -0.3 is 15.1 Å². The van der Waals surface area contributed by atoms with Gasteiger partial charge in [0.2, 0.25) is 10.0 Å². The molecule has 0 saturated carbocycles. The average Bonchev–Trinajstić information content (AvgIpc) is 3.40. The first-order valence-electron chi connectivity index (χ1n) is 10.7. The van der Waals surface area contributed by atoms with Crippen LogP contribution in [0, 0.1) is 5.92 Å². The van der Waals surface area contributed by atoms with Crippen molar-refractivity contribution in [3.8, 4) is 0 Å². The van der Waals surface area contributed by atoms with Crippen LogP contribution in [-0.2, 0) is 10.0 Å². The molecular weight excluding hydrogens is 517 g/mol. The number of likely N-dealkylation sites (tertiary alicyclic amines) is 1. The second-order valence-electron chi connectivity index (χ2n) is 7.98. The summed E-state index contributed by atoms with van der Waals surface area (Å²) in [5, 5.41) is 6.79. The van der Waals surface area contributed by atoms with Crippen molar-refractivity contribution in [3.63, 3.8) is 0 Å². The number of rotatable bonds is 8. The summed E-state index contributed by atoms with van der Waals surface area (Å²) >= 11 is 0. The number of furan rings is 1. The Labute approximate surface area is 197 Å². The fourth-order valence-electron chi connectivity index (χ4n) is 4.13. The van der Waals surface area contributed by atoms with Crippen LogP contribution in [-0.4, -0.2) is 75.7 Å². The van der Waals surface area contributed by atoms with E-state index in [2.05, 4.69) is 22.5 Å². The molecule has 2 fully saturated rings. The number of nitrogens with zero attached hydrogens (tertiary/aromatic N) is 3. The molecule has 1 atom stereocenters. The molecule has 2 aliphatic rings. The van der Waals surface area contributed by atoms with Crippen molar-refractivity contribution in [2.75, 3.05) is 52.1 Å². The number of hydrogen-bond acceptors (Lipinski definition) is 5. The number of sulfonamides is 1. The Bertz CT molecular complexity index is 743. The van der Waals surface area contributed by atoms with Crippen LogP contribution >= 0.6 is 24.0 Å². The molecule has 172 valence electrons. The zero-order valence-corrected chi connectivity index (χ0v) is 21.2. The third kappa shape index (κ3) is 7.38. The molecule has 0 aromatic carbocycles. The summed E-state index contributed by atoms with van der Waals surface area (Å²) in [6.45, 7) is 7.70. The van der Waals surface area contributed by atoms with Gasteiger partial charge in [-0.15, -0.1) is 24.0 Å². The summed E-state index contributed by atoms with van der Waals surface area (Å²) in [5.41, 5.74) is 0. The van der Waals surface area contributed by atoms with E-state index in [4.69, 9.17) is 9.41 Å². The fourth-order valence-corrected chi connectivity index (χ4v) is 5.00. The van der Waals surface area contributed by atoms with Crippen molar-refractivity contribution in [1.29, 1.82) is 0 Å². The molecule has 1 aromatic rings. The molecule has 8 nitrogen and oxygen atoms in total. The minimum atomic E-state index is -3.07. The summed E-state index contributed by atoms with van der Waals surface area (Å²) in [6, 6.07) is 4.14. The Hall–Kier alpha value is -0.850. The highest BCUT2D eigenvalue weighted by molar-refractivity contribution is 14.0. The lowest BCUT2D eigenvalue weighted by atomic mass is 9.98. The highest BCUT2D eigenvalue weighted by atomic mass is 127. The van der Waals surface area contributed by atoms with Gasteiger partial charge in [-0.1, -0.05) is 0 Å². The van der Waals surface area contributed by atoms with E-state index in [1.807, 2.05) is 12.1 Å². The number of halogens is 1. The van der Waals surface area contributed by atoms with Gasteiger partial charge in [0.25, 0.3) is 0 Å². The Morgan fingerprint density at radius 2 is 1.93 bits per heavy atom. The van der Waals surface area contributed by atoms with Crippen LogP contribution in [0.5, 0.6) is 0 Å². The molecule has 30 heavy (non-hydrogen) atoms. The molecule has 0 amide bonds. The maximum Gasteiger partial charge on any atom is 0.211 e. The summed E-state index contributed by atoms with van der Waals surface area (Å²) in [6.07, 6.45) is 7.23. The summed E-state index contributed by atoms with van der Waals surface area (Å²) in [5.74, 6) is 2.24. The van der Waals surface area contributed by atoms with E-state index in [-0.39, 0.29) is 30.0 Å². The van der Waals surface area contributed by atoms with Gasteiger partial charge in [0.1, 0.15) is 5.76 Å². The molecule has 2 saturated heterocycles. The first-order valence-corrected chi connectivity index (χ1v) is 12.6. The minimum Gasteiger partial charge on any atom is -0.468 e. The molecule has 0 spiro atoms. The van der Waals surface area contributed by atoms with E-state index in [9.17, 15) is 8.42 Å². The molecular formula is C20H36IN5O3S. The van der Waals surface area contributed by atoms with E-state index in [1.54, 1.807) is 10.6 Å². The molecule has 1 aromatic heterocycles. The lowest BCUT2D eigenvalue weighted by Crippen LogP contribution is -2.44. The second kappa shape index (κ2) is 12.3. The van der Waals surface area contributed by atoms with Crippen LogP contribution in [0.1, 0.15) is 44.4 Å². The standard InChI is InChI=1S/C20H35N5O3S.HI/c1-3-21-20(22-15-17-8-12-25(13-9-17)29(2,26)27)23-16-18(19-7-6-14-28-19)24-10-4-5-11-24;/h6-7,14,17-18H,3-5,8-13,15-16H2,1-2H3,(H2,21,22,23);1H. The third-order valence-corrected chi connectivity index (χ3v) is 7.12. The van der Waals surface area contributed by atoms with Crippen LogP contribution in [0.15, 0.2) is 27.8 Å². The SMILES string of the molecule is CCNC(=NCC(c1ccco1)N1CCCC1)NCC1CCN(S(C)(=O)=O)CC1.I. The maximum atomic E-state index is 11.7. The van der Waals surface area contributed by atoms with Gasteiger partial charge >= 0.3 is 0 Å². The highest BCUT2D eigenvalue weighted by Crippen LogP contribution is 2.25. The molecule has 1 unspecified atom stereocenters. The predicted octanol–water partition coefficient (Wildman–Crippen LogP) is 2.26. The predicted molar refractivity (Wildman–Crippen MR) is 131 cm³/mol. The van der Waals surface area contributed by atoms with Gasteiger partial charge in [-0.2, -0.15) is 0 Å². The first kappa shape index (κ1) is 25.4. The number of guanidine groups is 1. The summed E-state index contributed by atoms with van der Waals surface area (Å²) in [7, 11) is -3.07. The molecule has 3 heterocycles. The molecule has 0 radical (unpaired) electrons. The molecule has 0 aliphatic carbocycles. The van der Waals surface area contributed by atoms with E-state index >= 15 is 0 Å². The van der Waals surface area contributed by atoms with E-state index in [0.29, 0.717) is 25.6 Å². The van der Waals surface area contributed by atoms with Crippen molar-refractivity contribution >= 4 is 40.0 Å². The smallest absolute Gasteiger partial charge is 0.211 e. The number of nitrogens with one attached hydrogen (secondary N) is 2.